The maximum Gasteiger partial charge on any atom is 0.142 e. The quantitative estimate of drug-likeness (QED) is 0.855. The molecular weight excluding hydrogens is 233 g/mol. The van der Waals surface area contributed by atoms with Gasteiger partial charge in [-0.1, -0.05) is 17.7 Å². The Labute approximate surface area is 96.3 Å². The second-order valence-electron chi connectivity index (χ2n) is 3.21. The highest BCUT2D eigenvalue weighted by atomic mass is 35.5. The molecule has 78 valence electrons. The molecule has 1 heterocycles. The average Bonchev–Trinajstić information content (AvgIpc) is 2.74. The van der Waals surface area contributed by atoms with Crippen molar-refractivity contribution in [1.82, 2.24) is 0 Å². The summed E-state index contributed by atoms with van der Waals surface area (Å²) in [5.74, 6) is -0.431. The van der Waals surface area contributed by atoms with Gasteiger partial charge < -0.3 is 5.73 Å². The summed E-state index contributed by atoms with van der Waals surface area (Å²) in [5.41, 5.74) is 7.70. The Hall–Kier alpha value is -0.900. The van der Waals surface area contributed by atoms with Crippen LogP contribution >= 0.6 is 22.9 Å². The summed E-state index contributed by atoms with van der Waals surface area (Å²) >= 11 is 7.17. The molecule has 2 rings (SSSR count). The molecule has 0 saturated carbocycles. The van der Waals surface area contributed by atoms with E-state index in [0.29, 0.717) is 0 Å². The molecule has 0 bridgehead atoms. The molecule has 2 N–H and O–H groups in total. The van der Waals surface area contributed by atoms with E-state index in [1.54, 1.807) is 17.4 Å². The Morgan fingerprint density at radius 1 is 1.27 bits per heavy atom. The van der Waals surface area contributed by atoms with E-state index in [2.05, 4.69) is 0 Å². The molecule has 0 spiro atoms. The molecular formula is C11H9ClFNS. The van der Waals surface area contributed by atoms with Crippen LogP contribution in [0.2, 0.25) is 5.02 Å². The molecule has 0 radical (unpaired) electrons. The molecule has 1 atom stereocenters. The summed E-state index contributed by atoms with van der Waals surface area (Å²) in [6.45, 7) is 0. The van der Waals surface area contributed by atoms with Gasteiger partial charge in [0.2, 0.25) is 0 Å². The van der Waals surface area contributed by atoms with Crippen LogP contribution in [0.5, 0.6) is 0 Å². The summed E-state index contributed by atoms with van der Waals surface area (Å²) in [7, 11) is 0. The lowest BCUT2D eigenvalue weighted by Gasteiger charge is -2.10. The van der Waals surface area contributed by atoms with Crippen molar-refractivity contribution in [1.29, 1.82) is 0 Å². The normalized spacial score (nSPS) is 12.7. The van der Waals surface area contributed by atoms with Gasteiger partial charge in [-0.15, -0.1) is 0 Å². The summed E-state index contributed by atoms with van der Waals surface area (Å²) in [6.07, 6.45) is 0. The van der Waals surface area contributed by atoms with Crippen LogP contribution in [-0.4, -0.2) is 0 Å². The fourth-order valence-electron chi connectivity index (χ4n) is 1.35. The zero-order valence-electron chi connectivity index (χ0n) is 7.78. The number of nitrogens with two attached hydrogens (primary N) is 1. The van der Waals surface area contributed by atoms with Gasteiger partial charge in [-0.05, 0) is 40.1 Å². The van der Waals surface area contributed by atoms with E-state index in [0.717, 1.165) is 11.1 Å². The van der Waals surface area contributed by atoms with Crippen molar-refractivity contribution < 1.29 is 4.39 Å². The lowest BCUT2D eigenvalue weighted by atomic mass is 10.0. The van der Waals surface area contributed by atoms with E-state index in [4.69, 9.17) is 17.3 Å². The first-order valence-electron chi connectivity index (χ1n) is 4.41. The molecule has 0 fully saturated rings. The maximum atomic E-state index is 13.2. The third-order valence-electron chi connectivity index (χ3n) is 2.21. The van der Waals surface area contributed by atoms with E-state index < -0.39 is 5.82 Å². The van der Waals surface area contributed by atoms with E-state index in [9.17, 15) is 4.39 Å². The lowest BCUT2D eigenvalue weighted by Crippen LogP contribution is -2.10. The van der Waals surface area contributed by atoms with Crippen LogP contribution in [0.4, 0.5) is 4.39 Å². The van der Waals surface area contributed by atoms with Crippen LogP contribution in [-0.2, 0) is 0 Å². The van der Waals surface area contributed by atoms with Gasteiger partial charge in [-0.3, -0.25) is 0 Å². The number of halogens is 2. The predicted octanol–water partition coefficient (Wildman–Crippen LogP) is 3.59. The second kappa shape index (κ2) is 4.31. The van der Waals surface area contributed by atoms with Crippen molar-refractivity contribution in [2.75, 3.05) is 0 Å². The van der Waals surface area contributed by atoms with E-state index in [1.807, 2.05) is 16.8 Å². The van der Waals surface area contributed by atoms with E-state index >= 15 is 0 Å². The molecule has 4 heteroatoms. The highest BCUT2D eigenvalue weighted by Crippen LogP contribution is 2.24. The zero-order chi connectivity index (χ0) is 10.8. The Bertz CT molecular complexity index is 456. The Balaban J connectivity index is 2.34. The minimum atomic E-state index is -0.431. The monoisotopic (exact) mass is 241 g/mol. The van der Waals surface area contributed by atoms with Crippen molar-refractivity contribution >= 4 is 22.9 Å². The maximum absolute atomic E-state index is 13.2. The number of rotatable bonds is 2. The summed E-state index contributed by atoms with van der Waals surface area (Å²) in [6, 6.07) is 6.29. The highest BCUT2D eigenvalue weighted by molar-refractivity contribution is 7.08. The first kappa shape index (κ1) is 10.6. The Kier molecular flexibility index (Phi) is 3.05. The molecule has 0 saturated heterocycles. The molecule has 2 aromatic rings. The Morgan fingerprint density at radius 3 is 2.67 bits per heavy atom. The Morgan fingerprint density at radius 2 is 2.07 bits per heavy atom. The molecule has 0 aliphatic rings. The number of thiophene rings is 1. The highest BCUT2D eigenvalue weighted by Gasteiger charge is 2.11. The van der Waals surface area contributed by atoms with Crippen molar-refractivity contribution in [3.05, 3.63) is 57.0 Å². The smallest absolute Gasteiger partial charge is 0.142 e. The van der Waals surface area contributed by atoms with Crippen molar-refractivity contribution in [3.8, 4) is 0 Å². The van der Waals surface area contributed by atoms with Crippen molar-refractivity contribution in [3.63, 3.8) is 0 Å². The summed E-state index contributed by atoms with van der Waals surface area (Å²) < 4.78 is 13.2. The van der Waals surface area contributed by atoms with E-state index in [1.165, 1.54) is 12.1 Å². The van der Waals surface area contributed by atoms with Crippen molar-refractivity contribution in [2.45, 2.75) is 6.04 Å². The topological polar surface area (TPSA) is 26.0 Å². The van der Waals surface area contributed by atoms with Gasteiger partial charge in [0.25, 0.3) is 0 Å². The van der Waals surface area contributed by atoms with Gasteiger partial charge in [0.15, 0.2) is 0 Å². The van der Waals surface area contributed by atoms with Gasteiger partial charge in [-0.2, -0.15) is 11.3 Å². The van der Waals surface area contributed by atoms with Crippen LogP contribution in [0, 0.1) is 5.82 Å². The molecule has 0 amide bonds. The fourth-order valence-corrected chi connectivity index (χ4v) is 2.16. The van der Waals surface area contributed by atoms with E-state index in [-0.39, 0.29) is 11.1 Å². The molecule has 1 unspecified atom stereocenters. The molecule has 1 nitrogen and oxygen atoms in total. The predicted molar refractivity (Wildman–Crippen MR) is 61.8 cm³/mol. The molecule has 1 aromatic heterocycles. The van der Waals surface area contributed by atoms with Crippen LogP contribution in [0.1, 0.15) is 17.2 Å². The van der Waals surface area contributed by atoms with Crippen LogP contribution in [0.3, 0.4) is 0 Å². The summed E-state index contributed by atoms with van der Waals surface area (Å²) in [4.78, 5) is 0. The largest absolute Gasteiger partial charge is 0.320 e. The fraction of sp³-hybridized carbons (Fsp3) is 0.0909. The van der Waals surface area contributed by atoms with Gasteiger partial charge in [0, 0.05) is 0 Å². The van der Waals surface area contributed by atoms with Gasteiger partial charge >= 0.3 is 0 Å². The van der Waals surface area contributed by atoms with Crippen molar-refractivity contribution in [2.24, 2.45) is 5.73 Å². The first-order valence-corrected chi connectivity index (χ1v) is 5.73. The zero-order valence-corrected chi connectivity index (χ0v) is 9.36. The number of benzene rings is 1. The van der Waals surface area contributed by atoms with Crippen LogP contribution in [0.15, 0.2) is 35.0 Å². The molecule has 0 aliphatic heterocycles. The first-order chi connectivity index (χ1) is 7.18. The third kappa shape index (κ3) is 2.20. The SMILES string of the molecule is NC(c1ccsc1)c1ccc(Cl)c(F)c1. The second-order valence-corrected chi connectivity index (χ2v) is 4.40. The van der Waals surface area contributed by atoms with Crippen LogP contribution < -0.4 is 5.73 Å². The molecule has 15 heavy (non-hydrogen) atoms. The number of hydrogen-bond donors (Lipinski definition) is 1. The van der Waals surface area contributed by atoms with Gasteiger partial charge in [0.05, 0.1) is 11.1 Å². The van der Waals surface area contributed by atoms with Crippen LogP contribution in [0.25, 0.3) is 0 Å². The third-order valence-corrected chi connectivity index (χ3v) is 3.21. The minimum absolute atomic E-state index is 0.122. The van der Waals surface area contributed by atoms with Gasteiger partial charge in [0.1, 0.15) is 5.82 Å². The minimum Gasteiger partial charge on any atom is -0.320 e. The van der Waals surface area contributed by atoms with Gasteiger partial charge in [-0.25, -0.2) is 4.39 Å². The number of hydrogen-bond acceptors (Lipinski definition) is 2. The molecule has 0 aliphatic carbocycles. The molecule has 1 aromatic carbocycles. The standard InChI is InChI=1S/C11H9ClFNS/c12-9-2-1-7(5-10(9)13)11(14)8-3-4-15-6-8/h1-6,11H,14H2. The summed E-state index contributed by atoms with van der Waals surface area (Å²) in [5, 5.41) is 4.02. The lowest BCUT2D eigenvalue weighted by molar-refractivity contribution is 0.624. The average molecular weight is 242 g/mol.